The van der Waals surface area contributed by atoms with Crippen LogP contribution in [0.1, 0.15) is 46.9 Å². The van der Waals surface area contributed by atoms with E-state index in [0.29, 0.717) is 6.42 Å². The van der Waals surface area contributed by atoms with Crippen LogP contribution in [0.2, 0.25) is 0 Å². The molecular formula is C14H20N4OS. The summed E-state index contributed by atoms with van der Waals surface area (Å²) >= 11 is 1.67. The molecule has 0 spiro atoms. The largest absolute Gasteiger partial charge is 0.348 e. The van der Waals surface area contributed by atoms with E-state index in [1.54, 1.807) is 17.5 Å². The Morgan fingerprint density at radius 3 is 2.90 bits per heavy atom. The molecular weight excluding hydrogens is 272 g/mol. The minimum Gasteiger partial charge on any atom is -0.348 e. The molecule has 2 heterocycles. The Bertz CT molecular complexity index is 562. The third kappa shape index (κ3) is 3.90. The lowest BCUT2D eigenvalue weighted by Gasteiger charge is -2.12. The highest BCUT2D eigenvalue weighted by Gasteiger charge is 2.15. The topological polar surface area (TPSA) is 70.7 Å². The number of amides is 1. The number of thiazole rings is 1. The molecule has 2 aromatic rings. The van der Waals surface area contributed by atoms with Gasteiger partial charge in [0.05, 0.1) is 22.9 Å². The number of hydrogen-bond acceptors (Lipinski definition) is 4. The van der Waals surface area contributed by atoms with Crippen LogP contribution in [0, 0.1) is 13.8 Å². The molecule has 0 radical (unpaired) electrons. The summed E-state index contributed by atoms with van der Waals surface area (Å²) in [4.78, 5) is 17.6. The van der Waals surface area contributed by atoms with Crippen LogP contribution in [0.25, 0.3) is 0 Å². The number of carbonyl (C=O) groups excluding carboxylic acids is 1. The van der Waals surface area contributed by atoms with Crippen molar-refractivity contribution in [2.24, 2.45) is 0 Å². The minimum absolute atomic E-state index is 0.0265. The number of carbonyl (C=O) groups is 1. The van der Waals surface area contributed by atoms with Crippen molar-refractivity contribution in [3.63, 3.8) is 0 Å². The number of H-pyrrole nitrogens is 1. The van der Waals surface area contributed by atoms with Crippen LogP contribution in [0.5, 0.6) is 0 Å². The SMILES string of the molecule is Cc1nc([C@@H](C)NC(=O)CCCc2cn[nH]c2)c(C)s1. The maximum Gasteiger partial charge on any atom is 0.220 e. The summed E-state index contributed by atoms with van der Waals surface area (Å²) in [5, 5.41) is 10.7. The number of aromatic nitrogens is 3. The van der Waals surface area contributed by atoms with E-state index in [0.717, 1.165) is 29.1 Å². The lowest BCUT2D eigenvalue weighted by Crippen LogP contribution is -2.27. The van der Waals surface area contributed by atoms with E-state index < -0.39 is 0 Å². The quantitative estimate of drug-likeness (QED) is 0.860. The fourth-order valence-corrected chi connectivity index (χ4v) is 3.11. The number of aromatic amines is 1. The maximum absolute atomic E-state index is 11.9. The summed E-state index contributed by atoms with van der Waals surface area (Å²) in [5.41, 5.74) is 2.12. The van der Waals surface area contributed by atoms with Gasteiger partial charge in [0, 0.05) is 17.5 Å². The molecule has 108 valence electrons. The smallest absolute Gasteiger partial charge is 0.220 e. The second kappa shape index (κ2) is 6.65. The zero-order valence-corrected chi connectivity index (χ0v) is 12.9. The molecule has 2 N–H and O–H groups in total. The van der Waals surface area contributed by atoms with Crippen molar-refractivity contribution >= 4 is 17.2 Å². The Hall–Kier alpha value is -1.69. The van der Waals surface area contributed by atoms with Gasteiger partial charge < -0.3 is 5.32 Å². The molecule has 0 aliphatic rings. The molecule has 1 amide bonds. The fraction of sp³-hybridized carbons (Fsp3) is 0.500. The molecule has 0 aliphatic heterocycles. The van der Waals surface area contributed by atoms with Gasteiger partial charge in [-0.25, -0.2) is 4.98 Å². The van der Waals surface area contributed by atoms with Gasteiger partial charge in [-0.05, 0) is 39.2 Å². The minimum atomic E-state index is -0.0265. The van der Waals surface area contributed by atoms with Gasteiger partial charge in [-0.1, -0.05) is 0 Å². The molecule has 0 fully saturated rings. The first-order valence-electron chi connectivity index (χ1n) is 6.77. The average molecular weight is 292 g/mol. The van der Waals surface area contributed by atoms with Gasteiger partial charge in [-0.3, -0.25) is 9.89 Å². The first-order chi connectivity index (χ1) is 9.56. The Kier molecular flexibility index (Phi) is 4.89. The highest BCUT2D eigenvalue weighted by Crippen LogP contribution is 2.22. The zero-order chi connectivity index (χ0) is 14.5. The molecule has 2 aromatic heterocycles. The predicted octanol–water partition coefficient (Wildman–Crippen LogP) is 2.68. The Labute approximate surface area is 122 Å². The molecule has 2 rings (SSSR count). The second-order valence-electron chi connectivity index (χ2n) is 4.92. The van der Waals surface area contributed by atoms with Crippen molar-refractivity contribution in [2.75, 3.05) is 0 Å². The van der Waals surface area contributed by atoms with E-state index in [9.17, 15) is 4.79 Å². The third-order valence-electron chi connectivity index (χ3n) is 3.15. The molecule has 6 heteroatoms. The van der Waals surface area contributed by atoms with Gasteiger partial charge in [0.25, 0.3) is 0 Å². The number of hydrogen-bond donors (Lipinski definition) is 2. The average Bonchev–Trinajstić information content (AvgIpc) is 2.99. The molecule has 0 saturated heterocycles. The van der Waals surface area contributed by atoms with Crippen molar-refractivity contribution in [2.45, 2.75) is 46.1 Å². The molecule has 1 atom stereocenters. The van der Waals surface area contributed by atoms with Crippen molar-refractivity contribution < 1.29 is 4.79 Å². The Morgan fingerprint density at radius 2 is 2.30 bits per heavy atom. The van der Waals surface area contributed by atoms with Crippen LogP contribution in [0.15, 0.2) is 12.4 Å². The number of nitrogens with zero attached hydrogens (tertiary/aromatic N) is 2. The monoisotopic (exact) mass is 292 g/mol. The van der Waals surface area contributed by atoms with Crippen molar-refractivity contribution in [3.8, 4) is 0 Å². The molecule has 0 unspecified atom stereocenters. The molecule has 0 aliphatic carbocycles. The highest BCUT2D eigenvalue weighted by atomic mass is 32.1. The van der Waals surface area contributed by atoms with E-state index in [1.807, 2.05) is 27.0 Å². The van der Waals surface area contributed by atoms with Crippen molar-refractivity contribution in [3.05, 3.63) is 33.5 Å². The van der Waals surface area contributed by atoms with E-state index in [1.165, 1.54) is 4.88 Å². The van der Waals surface area contributed by atoms with Gasteiger partial charge in [-0.2, -0.15) is 5.10 Å². The van der Waals surface area contributed by atoms with Crippen LogP contribution >= 0.6 is 11.3 Å². The van der Waals surface area contributed by atoms with Gasteiger partial charge in [0.2, 0.25) is 5.91 Å². The van der Waals surface area contributed by atoms with Crippen molar-refractivity contribution in [1.82, 2.24) is 20.5 Å². The summed E-state index contributed by atoms with van der Waals surface area (Å²) in [6.07, 6.45) is 5.88. The summed E-state index contributed by atoms with van der Waals surface area (Å²) in [6, 6.07) is -0.0265. The lowest BCUT2D eigenvalue weighted by atomic mass is 10.1. The zero-order valence-electron chi connectivity index (χ0n) is 12.1. The van der Waals surface area contributed by atoms with E-state index >= 15 is 0 Å². The lowest BCUT2D eigenvalue weighted by molar-refractivity contribution is -0.121. The van der Waals surface area contributed by atoms with E-state index in [-0.39, 0.29) is 11.9 Å². The number of rotatable bonds is 6. The van der Waals surface area contributed by atoms with Crippen LogP contribution in [-0.2, 0) is 11.2 Å². The fourth-order valence-electron chi connectivity index (χ4n) is 2.20. The maximum atomic E-state index is 11.9. The summed E-state index contributed by atoms with van der Waals surface area (Å²) < 4.78 is 0. The highest BCUT2D eigenvalue weighted by molar-refractivity contribution is 7.11. The van der Waals surface area contributed by atoms with Gasteiger partial charge in [0.1, 0.15) is 0 Å². The molecule has 0 bridgehead atoms. The summed E-state index contributed by atoms with van der Waals surface area (Å²) in [6.45, 7) is 6.01. The van der Waals surface area contributed by atoms with Gasteiger partial charge in [-0.15, -0.1) is 11.3 Å². The number of nitrogens with one attached hydrogen (secondary N) is 2. The second-order valence-corrected chi connectivity index (χ2v) is 6.33. The van der Waals surface area contributed by atoms with Gasteiger partial charge >= 0.3 is 0 Å². The first kappa shape index (κ1) is 14.7. The Morgan fingerprint density at radius 1 is 1.50 bits per heavy atom. The third-order valence-corrected chi connectivity index (χ3v) is 4.05. The first-order valence-corrected chi connectivity index (χ1v) is 7.59. The van der Waals surface area contributed by atoms with E-state index in [4.69, 9.17) is 0 Å². The van der Waals surface area contributed by atoms with Crippen LogP contribution < -0.4 is 5.32 Å². The van der Waals surface area contributed by atoms with E-state index in [2.05, 4.69) is 20.5 Å². The Balaban J connectivity index is 1.77. The normalized spacial score (nSPS) is 12.3. The van der Waals surface area contributed by atoms with Crippen LogP contribution in [-0.4, -0.2) is 21.1 Å². The van der Waals surface area contributed by atoms with Crippen molar-refractivity contribution in [1.29, 1.82) is 0 Å². The van der Waals surface area contributed by atoms with Crippen LogP contribution in [0.3, 0.4) is 0 Å². The standard InChI is InChI=1S/C14H20N4OS/c1-9(14-10(2)20-11(3)18-14)17-13(19)6-4-5-12-7-15-16-8-12/h7-9H,4-6H2,1-3H3,(H,15,16)(H,17,19)/t9-/m1/s1. The summed E-state index contributed by atoms with van der Waals surface area (Å²) in [5.74, 6) is 0.0750. The molecule has 0 aromatic carbocycles. The molecule has 20 heavy (non-hydrogen) atoms. The molecule has 5 nitrogen and oxygen atoms in total. The van der Waals surface area contributed by atoms with Crippen LogP contribution in [0.4, 0.5) is 0 Å². The van der Waals surface area contributed by atoms with Gasteiger partial charge in [0.15, 0.2) is 0 Å². The molecule has 0 saturated carbocycles. The summed E-state index contributed by atoms with van der Waals surface area (Å²) in [7, 11) is 0. The predicted molar refractivity (Wildman–Crippen MR) is 79.7 cm³/mol. The number of aryl methyl sites for hydroxylation is 3.